The maximum Gasteiger partial charge on any atom is 0.412 e. The van der Waals surface area contributed by atoms with Crippen molar-refractivity contribution in [1.82, 2.24) is 35.5 Å². The number of nitrogens with two attached hydrogens (primary N) is 1. The Morgan fingerprint density at radius 2 is 1.17 bits per heavy atom. The smallest absolute Gasteiger partial charge is 0.412 e. The summed E-state index contributed by atoms with van der Waals surface area (Å²) in [5.74, 6) is -2.63. The number of hydrogen-bond acceptors (Lipinski definition) is 11. The van der Waals surface area contributed by atoms with Crippen LogP contribution in [0.15, 0.2) is 121 Å². The van der Waals surface area contributed by atoms with E-state index < -0.39 is 47.4 Å². The standard InChI is InChI=1S/C29H27N5O5.C19H25N3O4/c1-19-15-25(28(37)32-24(26(35)27(30)36)17-20-9-4-2-5-10-20)34(33-19)22-12-8-11-21(16-22)18-31-29(38)39-23-13-6-3-7-14-23;1-6-25-17(23)16-10-13(2)21-22(16)15-9-7-8-14(11-15)12-20-18(24)26-19(3,4)5/h2-16,24H,17-18H2,1H3,(H2,30,36)(H,31,38)(H,32,37);7-11H,6,12H2,1-5H3,(H,20,24)/t24-;/m0./s1. The molecule has 17 nitrogen and oxygen atoms in total. The number of benzene rings is 4. The van der Waals surface area contributed by atoms with E-state index in [4.69, 9.17) is 19.9 Å². The Kier molecular flexibility index (Phi) is 16.5. The van der Waals surface area contributed by atoms with Gasteiger partial charge in [0.05, 0.1) is 29.4 Å². The van der Waals surface area contributed by atoms with Gasteiger partial charge in [-0.2, -0.15) is 10.2 Å². The summed E-state index contributed by atoms with van der Waals surface area (Å²) < 4.78 is 18.5. The van der Waals surface area contributed by atoms with Gasteiger partial charge in [-0.25, -0.2) is 23.7 Å². The van der Waals surface area contributed by atoms with Gasteiger partial charge in [0.25, 0.3) is 11.8 Å². The molecular weight excluding hydrogens is 833 g/mol. The fraction of sp³-hybridized carbons (Fsp3) is 0.250. The fourth-order valence-corrected chi connectivity index (χ4v) is 6.26. The summed E-state index contributed by atoms with van der Waals surface area (Å²) in [4.78, 5) is 73.5. The number of hydrogen-bond donors (Lipinski definition) is 4. The molecule has 0 fully saturated rings. The number of aryl methyl sites for hydroxylation is 2. The number of aromatic nitrogens is 4. The quantitative estimate of drug-likeness (QED) is 0.0666. The molecular formula is C48H52N8O9. The molecule has 1 atom stereocenters. The zero-order chi connectivity index (χ0) is 47.1. The predicted molar refractivity (Wildman–Crippen MR) is 241 cm³/mol. The predicted octanol–water partition coefficient (Wildman–Crippen LogP) is 6.25. The Hall–Kier alpha value is -8.08. The summed E-state index contributed by atoms with van der Waals surface area (Å²) in [7, 11) is 0. The zero-order valence-corrected chi connectivity index (χ0v) is 37.0. The number of amides is 4. The van der Waals surface area contributed by atoms with Crippen molar-refractivity contribution in [3.05, 3.63) is 161 Å². The zero-order valence-electron chi connectivity index (χ0n) is 37.0. The average molecular weight is 885 g/mol. The lowest BCUT2D eigenvalue weighted by Gasteiger charge is -2.19. The van der Waals surface area contributed by atoms with Gasteiger partial charge in [-0.05, 0) is 107 Å². The molecule has 0 bridgehead atoms. The first kappa shape index (κ1) is 48.0. The molecule has 0 unspecified atom stereocenters. The van der Waals surface area contributed by atoms with Gasteiger partial charge in [-0.1, -0.05) is 72.8 Å². The van der Waals surface area contributed by atoms with Gasteiger partial charge in [0.15, 0.2) is 5.69 Å². The van der Waals surface area contributed by atoms with Crippen LogP contribution < -0.4 is 26.4 Å². The molecule has 0 aliphatic rings. The summed E-state index contributed by atoms with van der Waals surface area (Å²) in [5.41, 5.74) is 10.1. The van der Waals surface area contributed by atoms with Gasteiger partial charge < -0.3 is 35.9 Å². The minimum Gasteiger partial charge on any atom is -0.461 e. The lowest BCUT2D eigenvalue weighted by atomic mass is 10.0. The molecule has 0 saturated heterocycles. The number of carbonyl (C=O) groups is 6. The van der Waals surface area contributed by atoms with E-state index in [0.29, 0.717) is 47.4 Å². The van der Waals surface area contributed by atoms with Gasteiger partial charge >= 0.3 is 18.2 Å². The second-order valence-electron chi connectivity index (χ2n) is 15.6. The molecule has 6 rings (SSSR count). The summed E-state index contributed by atoms with van der Waals surface area (Å²) in [5, 5.41) is 16.9. The molecule has 0 aliphatic heterocycles. The van der Waals surface area contributed by atoms with Crippen LogP contribution in [-0.2, 0) is 38.6 Å². The maximum atomic E-state index is 13.3. The highest BCUT2D eigenvalue weighted by atomic mass is 16.6. The van der Waals surface area contributed by atoms with Crippen molar-refractivity contribution < 1.29 is 43.0 Å². The molecule has 17 heteroatoms. The lowest BCUT2D eigenvalue weighted by Crippen LogP contribution is -2.47. The molecule has 0 aliphatic carbocycles. The molecule has 6 aromatic rings. The average Bonchev–Trinajstić information content (AvgIpc) is 3.87. The van der Waals surface area contributed by atoms with Crippen molar-refractivity contribution in [3.63, 3.8) is 0 Å². The largest absolute Gasteiger partial charge is 0.461 e. The van der Waals surface area contributed by atoms with Gasteiger partial charge in [0.1, 0.15) is 23.1 Å². The molecule has 4 amide bonds. The molecule has 0 radical (unpaired) electrons. The first-order valence-electron chi connectivity index (χ1n) is 20.6. The molecule has 338 valence electrons. The topological polar surface area (TPSA) is 228 Å². The van der Waals surface area contributed by atoms with Crippen LogP contribution in [0.2, 0.25) is 0 Å². The van der Waals surface area contributed by atoms with E-state index in [1.165, 1.54) is 4.68 Å². The van der Waals surface area contributed by atoms with E-state index >= 15 is 0 Å². The third-order valence-corrected chi connectivity index (χ3v) is 9.06. The maximum absolute atomic E-state index is 13.3. The number of rotatable bonds is 15. The van der Waals surface area contributed by atoms with E-state index in [-0.39, 0.29) is 18.7 Å². The second-order valence-corrected chi connectivity index (χ2v) is 15.6. The SMILES string of the molecule is CCOC(=O)c1cc(C)nn1-c1cccc(CNC(=O)OC(C)(C)C)c1.Cc1cc(C(=O)N[C@@H](Cc2ccccc2)C(=O)C(N)=O)n(-c2cccc(CNC(=O)Oc3ccccc3)c2)n1. The highest BCUT2D eigenvalue weighted by Gasteiger charge is 2.28. The second kappa shape index (κ2) is 22.3. The Labute approximate surface area is 376 Å². The first-order valence-corrected chi connectivity index (χ1v) is 20.6. The highest BCUT2D eigenvalue weighted by molar-refractivity contribution is 6.38. The van der Waals surface area contributed by atoms with Gasteiger partial charge in [-0.15, -0.1) is 0 Å². The van der Waals surface area contributed by atoms with E-state index in [0.717, 1.165) is 16.7 Å². The van der Waals surface area contributed by atoms with Crippen LogP contribution in [0, 0.1) is 13.8 Å². The van der Waals surface area contributed by atoms with Gasteiger partial charge in [0.2, 0.25) is 5.78 Å². The van der Waals surface area contributed by atoms with Crippen LogP contribution in [0.4, 0.5) is 9.59 Å². The summed E-state index contributed by atoms with van der Waals surface area (Å²) in [6.45, 7) is 11.5. The number of alkyl carbamates (subject to hydrolysis) is 1. The molecule has 4 aromatic carbocycles. The monoisotopic (exact) mass is 884 g/mol. The summed E-state index contributed by atoms with van der Waals surface area (Å²) >= 11 is 0. The van der Waals surface area contributed by atoms with Crippen LogP contribution in [0.3, 0.4) is 0 Å². The molecule has 65 heavy (non-hydrogen) atoms. The molecule has 2 aromatic heterocycles. The van der Waals surface area contributed by atoms with Crippen LogP contribution >= 0.6 is 0 Å². The lowest BCUT2D eigenvalue weighted by molar-refractivity contribution is -0.137. The number of para-hydroxylation sites is 1. The Balaban J connectivity index is 0.000000265. The third kappa shape index (κ3) is 14.5. The van der Waals surface area contributed by atoms with Gasteiger partial charge in [-0.3, -0.25) is 14.4 Å². The van der Waals surface area contributed by atoms with Crippen molar-refractivity contribution in [2.24, 2.45) is 5.73 Å². The normalized spacial score (nSPS) is 11.2. The Bertz CT molecular complexity index is 2620. The minimum atomic E-state index is -1.15. The molecule has 0 saturated carbocycles. The number of primary amides is 1. The highest BCUT2D eigenvalue weighted by Crippen LogP contribution is 2.18. The van der Waals surface area contributed by atoms with E-state index in [2.05, 4.69) is 26.1 Å². The van der Waals surface area contributed by atoms with Crippen LogP contribution in [0.1, 0.15) is 76.8 Å². The number of ketones is 1. The first-order chi connectivity index (χ1) is 31.0. The van der Waals surface area contributed by atoms with Crippen molar-refractivity contribution in [3.8, 4) is 17.1 Å². The summed E-state index contributed by atoms with van der Waals surface area (Å²) in [6.07, 6.45) is -0.989. The van der Waals surface area contributed by atoms with Crippen molar-refractivity contribution >= 4 is 35.8 Å². The van der Waals surface area contributed by atoms with Crippen LogP contribution in [-0.4, -0.2) is 73.6 Å². The van der Waals surface area contributed by atoms with Gasteiger partial charge in [0, 0.05) is 19.5 Å². The number of ether oxygens (including phenoxy) is 3. The minimum absolute atomic E-state index is 0.0989. The van der Waals surface area contributed by atoms with Crippen LogP contribution in [0.25, 0.3) is 11.4 Å². The Morgan fingerprint density at radius 1 is 0.662 bits per heavy atom. The molecule has 2 heterocycles. The number of nitrogens with zero attached hydrogens (tertiary/aromatic N) is 4. The number of carbonyl (C=O) groups excluding carboxylic acids is 6. The number of Topliss-reactive ketones (excluding diaryl/α,β-unsaturated/α-hetero) is 1. The molecule has 0 spiro atoms. The third-order valence-electron chi connectivity index (χ3n) is 9.06. The van der Waals surface area contributed by atoms with E-state index in [9.17, 15) is 28.8 Å². The van der Waals surface area contributed by atoms with Crippen LogP contribution in [0.5, 0.6) is 5.75 Å². The van der Waals surface area contributed by atoms with E-state index in [1.807, 2.05) is 70.2 Å². The van der Waals surface area contributed by atoms with Crippen molar-refractivity contribution in [1.29, 1.82) is 0 Å². The fourth-order valence-electron chi connectivity index (χ4n) is 6.26. The molecule has 5 N–H and O–H groups in total. The number of nitrogens with one attached hydrogen (secondary N) is 3. The van der Waals surface area contributed by atoms with E-state index in [1.54, 1.807) is 97.4 Å². The van der Waals surface area contributed by atoms with Crippen molar-refractivity contribution in [2.75, 3.05) is 6.61 Å². The Morgan fingerprint density at radius 3 is 1.71 bits per heavy atom. The number of esters is 1. The van der Waals surface area contributed by atoms with Crippen molar-refractivity contribution in [2.45, 2.75) is 72.7 Å². The summed E-state index contributed by atoms with van der Waals surface area (Å²) in [6, 6.07) is 34.3.